The van der Waals surface area contributed by atoms with Gasteiger partial charge in [-0.05, 0) is 36.4 Å². The maximum atomic E-state index is 13.4. The molecule has 0 aromatic heterocycles. The quantitative estimate of drug-likeness (QED) is 0.446. The largest absolute Gasteiger partial charge is 0.444 e. The molecule has 1 amide bonds. The Balaban J connectivity index is 1.92. The molecule has 33 heavy (non-hydrogen) atoms. The normalized spacial score (nSPS) is 12.1. The van der Waals surface area contributed by atoms with E-state index in [1.807, 2.05) is 0 Å². The van der Waals surface area contributed by atoms with Crippen LogP contribution in [-0.4, -0.2) is 26.0 Å². The Labute approximate surface area is 193 Å². The van der Waals surface area contributed by atoms with Gasteiger partial charge in [-0.3, -0.25) is 4.79 Å². The Morgan fingerprint density at radius 3 is 2.30 bits per heavy atom. The summed E-state index contributed by atoms with van der Waals surface area (Å²) in [6.07, 6.45) is -6.24. The van der Waals surface area contributed by atoms with Crippen LogP contribution in [0.1, 0.15) is 27.6 Å². The number of anilines is 2. The number of carbonyl (C=O) groups is 2. The van der Waals surface area contributed by atoms with E-state index in [0.29, 0.717) is 11.6 Å². The Morgan fingerprint density at radius 1 is 0.970 bits per heavy atom. The van der Waals surface area contributed by atoms with E-state index < -0.39 is 35.4 Å². The minimum atomic E-state index is -4.75. The number of ether oxygens (including phenoxy) is 1. The number of nitrogens with one attached hydrogen (secondary N) is 1. The summed E-state index contributed by atoms with van der Waals surface area (Å²) in [4.78, 5) is 27.6. The minimum absolute atomic E-state index is 0.132. The van der Waals surface area contributed by atoms with Crippen molar-refractivity contribution < 1.29 is 27.5 Å². The maximum absolute atomic E-state index is 13.4. The maximum Gasteiger partial charge on any atom is 0.418 e. The SMILES string of the molecule is CN(C)c1cccc(C(=O)O[C@H](C(=O)Nc2ccc(Cl)cc2C(F)(F)F)c2ccccc2)c1. The van der Waals surface area contributed by atoms with Crippen molar-refractivity contribution in [3.63, 3.8) is 0 Å². The van der Waals surface area contributed by atoms with Crippen LogP contribution < -0.4 is 10.2 Å². The van der Waals surface area contributed by atoms with Crippen molar-refractivity contribution in [2.75, 3.05) is 24.3 Å². The highest BCUT2D eigenvalue weighted by Crippen LogP contribution is 2.37. The molecular formula is C24H20ClF3N2O3. The van der Waals surface area contributed by atoms with Gasteiger partial charge in [0.2, 0.25) is 6.10 Å². The van der Waals surface area contributed by atoms with Gasteiger partial charge in [-0.15, -0.1) is 0 Å². The highest BCUT2D eigenvalue weighted by molar-refractivity contribution is 6.30. The average molecular weight is 477 g/mol. The van der Waals surface area contributed by atoms with E-state index in [4.69, 9.17) is 16.3 Å². The Morgan fingerprint density at radius 2 is 1.67 bits per heavy atom. The molecule has 0 spiro atoms. The molecule has 0 heterocycles. The van der Waals surface area contributed by atoms with E-state index in [1.165, 1.54) is 12.1 Å². The molecule has 172 valence electrons. The van der Waals surface area contributed by atoms with Gasteiger partial charge >= 0.3 is 12.1 Å². The summed E-state index contributed by atoms with van der Waals surface area (Å²) in [6.45, 7) is 0. The summed E-state index contributed by atoms with van der Waals surface area (Å²) in [6, 6.07) is 17.6. The molecule has 5 nitrogen and oxygen atoms in total. The number of carbonyl (C=O) groups excluding carboxylic acids is 2. The van der Waals surface area contributed by atoms with Crippen LogP contribution in [-0.2, 0) is 15.7 Å². The van der Waals surface area contributed by atoms with Gasteiger partial charge in [0.05, 0.1) is 16.8 Å². The second-order valence-corrected chi connectivity index (χ2v) is 7.75. The van der Waals surface area contributed by atoms with Gasteiger partial charge < -0.3 is 15.0 Å². The van der Waals surface area contributed by atoms with Crippen LogP contribution in [0.2, 0.25) is 5.02 Å². The molecule has 9 heteroatoms. The van der Waals surface area contributed by atoms with E-state index in [1.54, 1.807) is 67.5 Å². The fraction of sp³-hybridized carbons (Fsp3) is 0.167. The monoisotopic (exact) mass is 476 g/mol. The molecule has 0 fully saturated rings. The van der Waals surface area contributed by atoms with Gasteiger partial charge in [-0.1, -0.05) is 48.0 Å². The van der Waals surface area contributed by atoms with Crippen molar-refractivity contribution in [3.05, 3.63) is 94.5 Å². The van der Waals surface area contributed by atoms with Crippen molar-refractivity contribution in [2.24, 2.45) is 0 Å². The average Bonchev–Trinajstić information content (AvgIpc) is 2.78. The summed E-state index contributed by atoms with van der Waals surface area (Å²) in [5.41, 5.74) is -0.378. The summed E-state index contributed by atoms with van der Waals surface area (Å²) in [7, 11) is 3.60. The first-order valence-electron chi connectivity index (χ1n) is 9.77. The number of benzene rings is 3. The molecule has 0 saturated carbocycles. The molecule has 3 aromatic carbocycles. The van der Waals surface area contributed by atoms with Crippen LogP contribution in [0.25, 0.3) is 0 Å². The number of esters is 1. The van der Waals surface area contributed by atoms with Gasteiger partial charge in [0.1, 0.15) is 0 Å². The van der Waals surface area contributed by atoms with Gasteiger partial charge in [0.15, 0.2) is 0 Å². The number of halogens is 4. The molecule has 3 rings (SSSR count). The van der Waals surface area contributed by atoms with Crippen molar-refractivity contribution >= 4 is 34.9 Å². The number of amides is 1. The number of hydrogen-bond acceptors (Lipinski definition) is 4. The lowest BCUT2D eigenvalue weighted by atomic mass is 10.1. The molecule has 0 bridgehead atoms. The molecule has 1 atom stereocenters. The predicted octanol–water partition coefficient (Wildman–Crippen LogP) is 5.96. The van der Waals surface area contributed by atoms with E-state index >= 15 is 0 Å². The smallest absolute Gasteiger partial charge is 0.418 e. The fourth-order valence-corrected chi connectivity index (χ4v) is 3.22. The second kappa shape index (κ2) is 9.95. The summed E-state index contributed by atoms with van der Waals surface area (Å²) in [5.74, 6) is -1.74. The van der Waals surface area contributed by atoms with Gasteiger partial charge in [-0.25, -0.2) is 4.79 Å². The lowest BCUT2D eigenvalue weighted by Crippen LogP contribution is -2.27. The van der Waals surface area contributed by atoms with Crippen LogP contribution in [0, 0.1) is 0 Å². The Bertz CT molecular complexity index is 1150. The van der Waals surface area contributed by atoms with Crippen molar-refractivity contribution in [3.8, 4) is 0 Å². The molecule has 0 aliphatic rings. The van der Waals surface area contributed by atoms with E-state index in [9.17, 15) is 22.8 Å². The first-order valence-corrected chi connectivity index (χ1v) is 10.1. The molecule has 0 unspecified atom stereocenters. The number of nitrogens with zero attached hydrogens (tertiary/aromatic N) is 1. The van der Waals surface area contributed by atoms with E-state index in [2.05, 4.69) is 5.32 Å². The molecule has 0 saturated heterocycles. The topological polar surface area (TPSA) is 58.6 Å². The second-order valence-electron chi connectivity index (χ2n) is 7.32. The molecular weight excluding hydrogens is 457 g/mol. The first kappa shape index (κ1) is 24.1. The fourth-order valence-electron chi connectivity index (χ4n) is 3.05. The number of alkyl halides is 3. The van der Waals surface area contributed by atoms with Crippen LogP contribution in [0.3, 0.4) is 0 Å². The van der Waals surface area contributed by atoms with E-state index in [0.717, 1.165) is 11.8 Å². The third kappa shape index (κ3) is 6.04. The highest BCUT2D eigenvalue weighted by Gasteiger charge is 2.35. The van der Waals surface area contributed by atoms with Crippen molar-refractivity contribution in [1.29, 1.82) is 0 Å². The minimum Gasteiger partial charge on any atom is -0.444 e. The lowest BCUT2D eigenvalue weighted by Gasteiger charge is -2.20. The van der Waals surface area contributed by atoms with Crippen molar-refractivity contribution in [2.45, 2.75) is 12.3 Å². The van der Waals surface area contributed by atoms with Gasteiger partial charge in [-0.2, -0.15) is 13.2 Å². The molecule has 0 radical (unpaired) electrons. The Hall–Kier alpha value is -3.52. The lowest BCUT2D eigenvalue weighted by molar-refractivity contribution is -0.137. The van der Waals surface area contributed by atoms with Gasteiger partial charge in [0, 0.05) is 30.4 Å². The first-order chi connectivity index (χ1) is 15.6. The van der Waals surface area contributed by atoms with Crippen LogP contribution in [0.5, 0.6) is 0 Å². The molecule has 1 N–H and O–H groups in total. The van der Waals surface area contributed by atoms with Crippen LogP contribution >= 0.6 is 11.6 Å². The summed E-state index contributed by atoms with van der Waals surface area (Å²) >= 11 is 5.70. The zero-order chi connectivity index (χ0) is 24.2. The van der Waals surface area contributed by atoms with Gasteiger partial charge in [0.25, 0.3) is 5.91 Å². The number of hydrogen-bond donors (Lipinski definition) is 1. The predicted molar refractivity (Wildman–Crippen MR) is 120 cm³/mol. The number of rotatable bonds is 6. The summed E-state index contributed by atoms with van der Waals surface area (Å²) in [5, 5.41) is 2.09. The van der Waals surface area contributed by atoms with Crippen molar-refractivity contribution in [1.82, 2.24) is 0 Å². The Kier molecular flexibility index (Phi) is 7.28. The third-order valence-corrected chi connectivity index (χ3v) is 4.94. The van der Waals surface area contributed by atoms with Crippen LogP contribution in [0.4, 0.5) is 24.5 Å². The molecule has 0 aliphatic heterocycles. The zero-order valence-corrected chi connectivity index (χ0v) is 18.4. The molecule has 0 aliphatic carbocycles. The third-order valence-electron chi connectivity index (χ3n) is 4.71. The highest BCUT2D eigenvalue weighted by atomic mass is 35.5. The standard InChI is InChI=1S/C24H20ClF3N2O3/c1-30(2)18-10-6-9-16(13-18)23(32)33-21(15-7-4-3-5-8-15)22(31)29-20-12-11-17(25)14-19(20)24(26,27)28/h3-14,21H,1-2H3,(H,29,31)/t21-/m0/s1. The van der Waals surface area contributed by atoms with E-state index in [-0.39, 0.29) is 10.6 Å². The van der Waals surface area contributed by atoms with Crippen LogP contribution in [0.15, 0.2) is 72.8 Å². The summed E-state index contributed by atoms with van der Waals surface area (Å²) < 4.78 is 45.8. The zero-order valence-electron chi connectivity index (χ0n) is 17.7. The molecule has 3 aromatic rings.